The van der Waals surface area contributed by atoms with Crippen molar-refractivity contribution in [3.8, 4) is 0 Å². The van der Waals surface area contributed by atoms with E-state index in [-0.39, 0.29) is 0 Å². The van der Waals surface area contributed by atoms with E-state index in [1.807, 2.05) is 18.5 Å². The largest absolute Gasteiger partial charge is 0.382 e. The Morgan fingerprint density at radius 2 is 2.13 bits per heavy atom. The molecule has 2 atom stereocenters. The summed E-state index contributed by atoms with van der Waals surface area (Å²) in [7, 11) is 0. The van der Waals surface area contributed by atoms with Crippen molar-refractivity contribution in [3.63, 3.8) is 0 Å². The highest BCUT2D eigenvalue weighted by Crippen LogP contribution is 2.17. The lowest BCUT2D eigenvalue weighted by atomic mass is 10.00. The molecule has 2 heteroatoms. The normalized spacial score (nSPS) is 14.7. The first-order valence-corrected chi connectivity index (χ1v) is 5.80. The molecule has 0 aliphatic rings. The topological polar surface area (TPSA) is 24.9 Å². The standard InChI is InChI=1S/C13H22N2/c1-5-10(2)8-12(4)15-13-6-7-14-9-11(13)3/h6-7,9-10,12H,5,8H2,1-4H3,(H,14,15). The number of hydrogen-bond donors (Lipinski definition) is 1. The second kappa shape index (κ2) is 5.74. The first-order chi connectivity index (χ1) is 7.13. The van der Waals surface area contributed by atoms with Crippen molar-refractivity contribution in [3.05, 3.63) is 24.0 Å². The molecule has 1 N–H and O–H groups in total. The van der Waals surface area contributed by atoms with E-state index in [0.29, 0.717) is 6.04 Å². The van der Waals surface area contributed by atoms with Gasteiger partial charge in [0, 0.05) is 24.1 Å². The highest BCUT2D eigenvalue weighted by molar-refractivity contribution is 5.49. The summed E-state index contributed by atoms with van der Waals surface area (Å²) in [6, 6.07) is 2.57. The summed E-state index contributed by atoms with van der Waals surface area (Å²) in [5, 5.41) is 3.54. The van der Waals surface area contributed by atoms with Gasteiger partial charge < -0.3 is 5.32 Å². The van der Waals surface area contributed by atoms with Crippen LogP contribution in [0.15, 0.2) is 18.5 Å². The molecule has 84 valence electrons. The molecule has 1 rings (SSSR count). The summed E-state index contributed by atoms with van der Waals surface area (Å²) in [5.74, 6) is 0.787. The van der Waals surface area contributed by atoms with E-state index >= 15 is 0 Å². The third kappa shape index (κ3) is 3.90. The van der Waals surface area contributed by atoms with Gasteiger partial charge in [-0.1, -0.05) is 20.3 Å². The van der Waals surface area contributed by atoms with Crippen molar-refractivity contribution in [2.75, 3.05) is 5.32 Å². The van der Waals surface area contributed by atoms with Crippen LogP contribution in [-0.2, 0) is 0 Å². The molecule has 1 aromatic heterocycles. The van der Waals surface area contributed by atoms with Gasteiger partial charge in [0.05, 0.1) is 0 Å². The SMILES string of the molecule is CCC(C)CC(C)Nc1ccncc1C. The Labute approximate surface area is 93.1 Å². The molecular formula is C13H22N2. The van der Waals surface area contributed by atoms with E-state index in [0.717, 1.165) is 5.92 Å². The van der Waals surface area contributed by atoms with Gasteiger partial charge in [0.2, 0.25) is 0 Å². The maximum Gasteiger partial charge on any atom is 0.0402 e. The summed E-state index contributed by atoms with van der Waals surface area (Å²) in [5.41, 5.74) is 2.43. The minimum atomic E-state index is 0.529. The Morgan fingerprint density at radius 3 is 2.73 bits per heavy atom. The maximum atomic E-state index is 4.09. The van der Waals surface area contributed by atoms with Crippen molar-refractivity contribution >= 4 is 5.69 Å². The fourth-order valence-corrected chi connectivity index (χ4v) is 1.73. The van der Waals surface area contributed by atoms with Gasteiger partial charge >= 0.3 is 0 Å². The smallest absolute Gasteiger partial charge is 0.0402 e. The van der Waals surface area contributed by atoms with Crippen molar-refractivity contribution in [2.45, 2.75) is 46.6 Å². The summed E-state index contributed by atoms with van der Waals surface area (Å²) in [6.07, 6.45) is 6.21. The number of nitrogens with zero attached hydrogens (tertiary/aromatic N) is 1. The van der Waals surface area contributed by atoms with Crippen LogP contribution in [0.1, 0.15) is 39.2 Å². The van der Waals surface area contributed by atoms with Gasteiger partial charge in [-0.2, -0.15) is 0 Å². The molecule has 0 bridgehead atoms. The zero-order chi connectivity index (χ0) is 11.3. The first-order valence-electron chi connectivity index (χ1n) is 5.80. The zero-order valence-corrected chi connectivity index (χ0v) is 10.2. The van der Waals surface area contributed by atoms with E-state index in [4.69, 9.17) is 0 Å². The Hall–Kier alpha value is -1.05. The zero-order valence-electron chi connectivity index (χ0n) is 10.2. The van der Waals surface area contributed by atoms with Crippen LogP contribution in [0.3, 0.4) is 0 Å². The third-order valence-electron chi connectivity index (χ3n) is 2.88. The van der Waals surface area contributed by atoms with Crippen LogP contribution in [0.2, 0.25) is 0 Å². The summed E-state index contributed by atoms with van der Waals surface area (Å²) >= 11 is 0. The Bertz CT molecular complexity index is 296. The Morgan fingerprint density at radius 1 is 1.40 bits per heavy atom. The van der Waals surface area contributed by atoms with Crippen LogP contribution in [0, 0.1) is 12.8 Å². The number of hydrogen-bond acceptors (Lipinski definition) is 2. The predicted molar refractivity (Wildman–Crippen MR) is 66.1 cm³/mol. The minimum absolute atomic E-state index is 0.529. The van der Waals surface area contributed by atoms with Gasteiger partial charge in [0.1, 0.15) is 0 Å². The third-order valence-corrected chi connectivity index (χ3v) is 2.88. The van der Waals surface area contributed by atoms with Crippen LogP contribution in [0.5, 0.6) is 0 Å². The quantitative estimate of drug-likeness (QED) is 0.795. The predicted octanol–water partition coefficient (Wildman–Crippen LogP) is 3.63. The van der Waals surface area contributed by atoms with E-state index in [9.17, 15) is 0 Å². The lowest BCUT2D eigenvalue weighted by molar-refractivity contribution is 0.483. The van der Waals surface area contributed by atoms with Gasteiger partial charge in [-0.3, -0.25) is 4.98 Å². The number of pyridine rings is 1. The number of anilines is 1. The van der Waals surface area contributed by atoms with Gasteiger partial charge in [0.15, 0.2) is 0 Å². The number of rotatable bonds is 5. The van der Waals surface area contributed by atoms with E-state index in [2.05, 4.69) is 38.0 Å². The molecule has 1 heterocycles. The number of aromatic nitrogens is 1. The molecule has 0 fully saturated rings. The highest BCUT2D eigenvalue weighted by atomic mass is 14.9. The molecule has 0 aliphatic carbocycles. The monoisotopic (exact) mass is 206 g/mol. The molecule has 0 saturated carbocycles. The van der Waals surface area contributed by atoms with E-state index in [1.54, 1.807) is 0 Å². The van der Waals surface area contributed by atoms with Crippen LogP contribution in [-0.4, -0.2) is 11.0 Å². The van der Waals surface area contributed by atoms with Crippen LogP contribution in [0.25, 0.3) is 0 Å². The number of nitrogens with one attached hydrogen (secondary N) is 1. The van der Waals surface area contributed by atoms with Crippen molar-refractivity contribution in [1.82, 2.24) is 4.98 Å². The van der Waals surface area contributed by atoms with E-state index < -0.39 is 0 Å². The molecule has 0 aliphatic heterocycles. The second-order valence-corrected chi connectivity index (χ2v) is 4.49. The molecule has 0 aromatic carbocycles. The average Bonchev–Trinajstić information content (AvgIpc) is 2.21. The Balaban J connectivity index is 2.51. The van der Waals surface area contributed by atoms with Crippen LogP contribution >= 0.6 is 0 Å². The first kappa shape index (κ1) is 12.0. The maximum absolute atomic E-state index is 4.09. The molecule has 0 saturated heterocycles. The summed E-state index contributed by atoms with van der Waals surface area (Å²) < 4.78 is 0. The molecule has 0 radical (unpaired) electrons. The fraction of sp³-hybridized carbons (Fsp3) is 0.615. The lowest BCUT2D eigenvalue weighted by Gasteiger charge is -2.19. The summed E-state index contributed by atoms with van der Waals surface area (Å²) in [6.45, 7) is 8.88. The Kier molecular flexibility index (Phi) is 4.60. The lowest BCUT2D eigenvalue weighted by Crippen LogP contribution is -2.18. The van der Waals surface area contributed by atoms with Gasteiger partial charge in [0.25, 0.3) is 0 Å². The molecule has 1 aromatic rings. The van der Waals surface area contributed by atoms with Crippen molar-refractivity contribution < 1.29 is 0 Å². The van der Waals surface area contributed by atoms with Crippen molar-refractivity contribution in [1.29, 1.82) is 0 Å². The van der Waals surface area contributed by atoms with E-state index in [1.165, 1.54) is 24.1 Å². The second-order valence-electron chi connectivity index (χ2n) is 4.49. The minimum Gasteiger partial charge on any atom is -0.382 e. The molecule has 2 nitrogen and oxygen atoms in total. The summed E-state index contributed by atoms with van der Waals surface area (Å²) in [4.78, 5) is 4.09. The molecule has 0 spiro atoms. The van der Waals surface area contributed by atoms with Crippen molar-refractivity contribution in [2.24, 2.45) is 5.92 Å². The fourth-order valence-electron chi connectivity index (χ4n) is 1.73. The van der Waals surface area contributed by atoms with Crippen LogP contribution < -0.4 is 5.32 Å². The molecule has 0 amide bonds. The highest BCUT2D eigenvalue weighted by Gasteiger charge is 2.07. The van der Waals surface area contributed by atoms with Crippen LogP contribution in [0.4, 0.5) is 5.69 Å². The average molecular weight is 206 g/mol. The van der Waals surface area contributed by atoms with Gasteiger partial charge in [-0.25, -0.2) is 0 Å². The van der Waals surface area contributed by atoms with Gasteiger partial charge in [-0.05, 0) is 37.8 Å². The number of aryl methyl sites for hydroxylation is 1. The molecule has 2 unspecified atom stereocenters. The molecule has 15 heavy (non-hydrogen) atoms. The van der Waals surface area contributed by atoms with Gasteiger partial charge in [-0.15, -0.1) is 0 Å². The molecular weight excluding hydrogens is 184 g/mol.